The van der Waals surface area contributed by atoms with E-state index in [2.05, 4.69) is 10.0 Å². The second-order valence-electron chi connectivity index (χ2n) is 6.53. The molecule has 1 aliphatic rings. The van der Waals surface area contributed by atoms with Gasteiger partial charge in [0, 0.05) is 6.04 Å². The molecule has 146 valence electrons. The van der Waals surface area contributed by atoms with E-state index in [0.717, 1.165) is 50.7 Å². The van der Waals surface area contributed by atoms with Gasteiger partial charge in [-0.05, 0) is 31.9 Å². The number of rotatable bonds is 5. The molecule has 1 amide bonds. The smallest absolute Gasteiger partial charge is 0.352 e. The molecular weight excluding hydrogens is 369 g/mol. The lowest BCUT2D eigenvalue weighted by Crippen LogP contribution is -2.48. The number of carbonyl (C=O) groups is 1. The number of alkyl halides is 3. The van der Waals surface area contributed by atoms with Crippen molar-refractivity contribution < 1.29 is 26.4 Å². The van der Waals surface area contributed by atoms with E-state index in [1.165, 1.54) is 13.0 Å². The van der Waals surface area contributed by atoms with Gasteiger partial charge in [0.05, 0.1) is 16.5 Å². The Morgan fingerprint density at radius 3 is 2.27 bits per heavy atom. The lowest BCUT2D eigenvalue weighted by atomic mass is 10.1. The zero-order valence-corrected chi connectivity index (χ0v) is 15.3. The van der Waals surface area contributed by atoms with E-state index in [1.807, 2.05) is 0 Å². The van der Waals surface area contributed by atoms with Crippen LogP contribution in [0.15, 0.2) is 29.2 Å². The highest BCUT2D eigenvalue weighted by Gasteiger charge is 2.37. The average molecular weight is 392 g/mol. The molecule has 5 nitrogen and oxygen atoms in total. The topological polar surface area (TPSA) is 75.3 Å². The third kappa shape index (κ3) is 5.44. The zero-order chi connectivity index (χ0) is 19.4. The predicted octanol–water partition coefficient (Wildman–Crippen LogP) is 3.21. The Morgan fingerprint density at radius 2 is 1.69 bits per heavy atom. The summed E-state index contributed by atoms with van der Waals surface area (Å²) >= 11 is 0. The Bertz CT molecular complexity index is 727. The van der Waals surface area contributed by atoms with E-state index >= 15 is 0 Å². The minimum atomic E-state index is -4.81. The molecule has 2 rings (SSSR count). The SMILES string of the molecule is CC(NS(=O)(=O)c1ccccc1C(F)(F)F)C(=O)NC1CCCCCC1. The molecule has 0 saturated heterocycles. The molecule has 2 N–H and O–H groups in total. The summed E-state index contributed by atoms with van der Waals surface area (Å²) < 4.78 is 65.9. The fraction of sp³-hybridized carbons (Fsp3) is 0.588. The van der Waals surface area contributed by atoms with Crippen LogP contribution in [0.25, 0.3) is 0 Å². The van der Waals surface area contributed by atoms with E-state index < -0.39 is 38.6 Å². The van der Waals surface area contributed by atoms with Crippen LogP contribution in [0.4, 0.5) is 13.2 Å². The first kappa shape index (κ1) is 20.7. The van der Waals surface area contributed by atoms with Crippen molar-refractivity contribution >= 4 is 15.9 Å². The standard InChI is InChI=1S/C17H23F3N2O3S/c1-12(16(23)21-13-8-4-2-3-5-9-13)22-26(24,25)15-11-7-6-10-14(15)17(18,19)20/h6-7,10-13,22H,2-5,8-9H2,1H3,(H,21,23). The summed E-state index contributed by atoms with van der Waals surface area (Å²) in [4.78, 5) is 11.4. The lowest BCUT2D eigenvalue weighted by Gasteiger charge is -2.21. The third-order valence-electron chi connectivity index (χ3n) is 4.41. The Kier molecular flexibility index (Phi) is 6.68. The van der Waals surface area contributed by atoms with Crippen molar-refractivity contribution in [3.05, 3.63) is 29.8 Å². The van der Waals surface area contributed by atoms with Crippen molar-refractivity contribution in [2.24, 2.45) is 0 Å². The Labute approximate surface area is 151 Å². The monoisotopic (exact) mass is 392 g/mol. The fourth-order valence-corrected chi connectivity index (χ4v) is 4.47. The van der Waals surface area contributed by atoms with E-state index in [1.54, 1.807) is 0 Å². The van der Waals surface area contributed by atoms with Gasteiger partial charge < -0.3 is 5.32 Å². The van der Waals surface area contributed by atoms with Gasteiger partial charge in [0.2, 0.25) is 15.9 Å². The molecule has 1 aromatic carbocycles. The van der Waals surface area contributed by atoms with E-state index in [0.29, 0.717) is 6.07 Å². The van der Waals surface area contributed by atoms with Crippen molar-refractivity contribution in [2.75, 3.05) is 0 Å². The highest BCUT2D eigenvalue weighted by Crippen LogP contribution is 2.33. The maximum Gasteiger partial charge on any atom is 0.417 e. The van der Waals surface area contributed by atoms with Crippen molar-refractivity contribution in [1.82, 2.24) is 10.0 Å². The van der Waals surface area contributed by atoms with Crippen molar-refractivity contribution in [3.8, 4) is 0 Å². The van der Waals surface area contributed by atoms with Gasteiger partial charge in [-0.15, -0.1) is 0 Å². The third-order valence-corrected chi connectivity index (χ3v) is 6.01. The van der Waals surface area contributed by atoms with Crippen LogP contribution >= 0.6 is 0 Å². The van der Waals surface area contributed by atoms with E-state index in [4.69, 9.17) is 0 Å². The summed E-state index contributed by atoms with van der Waals surface area (Å²) in [5.41, 5.74) is -1.26. The second kappa shape index (κ2) is 8.39. The van der Waals surface area contributed by atoms with E-state index in [9.17, 15) is 26.4 Å². The van der Waals surface area contributed by atoms with Gasteiger partial charge in [-0.1, -0.05) is 37.8 Å². The summed E-state index contributed by atoms with van der Waals surface area (Å²) in [6.07, 6.45) is 1.01. The first-order valence-electron chi connectivity index (χ1n) is 8.60. The molecule has 1 fully saturated rings. The largest absolute Gasteiger partial charge is 0.417 e. The van der Waals surface area contributed by atoms with Crippen molar-refractivity contribution in [3.63, 3.8) is 0 Å². The first-order chi connectivity index (χ1) is 12.1. The average Bonchev–Trinajstić information content (AvgIpc) is 2.82. The molecule has 1 aliphatic carbocycles. The summed E-state index contributed by atoms with van der Waals surface area (Å²) in [5, 5.41) is 2.79. The molecular formula is C17H23F3N2O3S. The molecule has 0 aliphatic heterocycles. The van der Waals surface area contributed by atoms with Gasteiger partial charge >= 0.3 is 6.18 Å². The molecule has 1 atom stereocenters. The van der Waals surface area contributed by atoms with Gasteiger partial charge in [0.15, 0.2) is 0 Å². The Hall–Kier alpha value is -1.61. The van der Waals surface area contributed by atoms with Crippen LogP contribution in [0.3, 0.4) is 0 Å². The van der Waals surface area contributed by atoms with Crippen molar-refractivity contribution in [1.29, 1.82) is 0 Å². The molecule has 0 aromatic heterocycles. The number of nitrogens with one attached hydrogen (secondary N) is 2. The van der Waals surface area contributed by atoms with Crippen LogP contribution in [0.5, 0.6) is 0 Å². The van der Waals surface area contributed by atoms with Gasteiger partial charge in [-0.25, -0.2) is 8.42 Å². The maximum absolute atomic E-state index is 13.1. The molecule has 0 bridgehead atoms. The van der Waals surface area contributed by atoms with Crippen molar-refractivity contribution in [2.45, 2.75) is 68.6 Å². The van der Waals surface area contributed by atoms with Crippen LogP contribution in [0, 0.1) is 0 Å². The Balaban J connectivity index is 2.10. The molecule has 1 aromatic rings. The molecule has 0 heterocycles. The molecule has 26 heavy (non-hydrogen) atoms. The van der Waals surface area contributed by atoms with Crippen LogP contribution in [0.2, 0.25) is 0 Å². The highest BCUT2D eigenvalue weighted by molar-refractivity contribution is 7.89. The first-order valence-corrected chi connectivity index (χ1v) is 10.1. The maximum atomic E-state index is 13.1. The van der Waals surface area contributed by atoms with E-state index in [-0.39, 0.29) is 6.04 Å². The molecule has 0 spiro atoms. The van der Waals surface area contributed by atoms with Crippen LogP contribution in [-0.2, 0) is 21.0 Å². The quantitative estimate of drug-likeness (QED) is 0.756. The molecule has 0 radical (unpaired) electrons. The minimum absolute atomic E-state index is 0.0283. The van der Waals surface area contributed by atoms with Crippen LogP contribution < -0.4 is 10.0 Å². The summed E-state index contributed by atoms with van der Waals surface area (Å²) in [6, 6.07) is 2.69. The Morgan fingerprint density at radius 1 is 1.12 bits per heavy atom. The fourth-order valence-electron chi connectivity index (χ4n) is 3.03. The minimum Gasteiger partial charge on any atom is -0.352 e. The number of halogens is 3. The van der Waals surface area contributed by atoms with Gasteiger partial charge in [-0.3, -0.25) is 4.79 Å². The van der Waals surface area contributed by atoms with Crippen LogP contribution in [0.1, 0.15) is 51.0 Å². The zero-order valence-electron chi connectivity index (χ0n) is 14.5. The van der Waals surface area contributed by atoms with Gasteiger partial charge in [-0.2, -0.15) is 17.9 Å². The number of amides is 1. The predicted molar refractivity (Wildman–Crippen MR) is 90.9 cm³/mol. The lowest BCUT2D eigenvalue weighted by molar-refractivity contribution is -0.139. The van der Waals surface area contributed by atoms with Crippen LogP contribution in [-0.4, -0.2) is 26.4 Å². The molecule has 1 saturated carbocycles. The highest BCUT2D eigenvalue weighted by atomic mass is 32.2. The number of benzene rings is 1. The van der Waals surface area contributed by atoms with Gasteiger partial charge in [0.25, 0.3) is 0 Å². The summed E-state index contributed by atoms with van der Waals surface area (Å²) in [6.45, 7) is 1.32. The summed E-state index contributed by atoms with van der Waals surface area (Å²) in [5.74, 6) is -0.537. The number of carbonyl (C=O) groups excluding carboxylic acids is 1. The number of sulfonamides is 1. The number of hydrogen-bond donors (Lipinski definition) is 2. The van der Waals surface area contributed by atoms with Gasteiger partial charge in [0.1, 0.15) is 0 Å². The summed E-state index contributed by atoms with van der Waals surface area (Å²) in [7, 11) is -4.50. The number of hydrogen-bond acceptors (Lipinski definition) is 3. The molecule has 9 heteroatoms. The normalized spacial score (nSPS) is 18.2. The second-order valence-corrected chi connectivity index (χ2v) is 8.22. The molecule has 1 unspecified atom stereocenters.